The summed E-state index contributed by atoms with van der Waals surface area (Å²) < 4.78 is 37.1. The van der Waals surface area contributed by atoms with E-state index in [1.165, 1.54) is 0 Å². The van der Waals surface area contributed by atoms with Crippen molar-refractivity contribution in [2.45, 2.75) is 18.5 Å². The quantitative estimate of drug-likeness (QED) is 0.817. The predicted octanol–water partition coefficient (Wildman–Crippen LogP) is 2.32. The first-order chi connectivity index (χ1) is 7.38. The van der Waals surface area contributed by atoms with Crippen LogP contribution in [0.5, 0.6) is 0 Å². The zero-order valence-electron chi connectivity index (χ0n) is 9.08. The highest BCUT2D eigenvalue weighted by Crippen LogP contribution is 2.29. The van der Waals surface area contributed by atoms with Gasteiger partial charge in [-0.3, -0.25) is 4.68 Å². The zero-order chi connectivity index (χ0) is 12.2. The van der Waals surface area contributed by atoms with Crippen LogP contribution in [-0.4, -0.2) is 27.6 Å². The SMILES string of the molecule is CC(NCCSC(F)(F)F)c1cnn(C)c1. The van der Waals surface area contributed by atoms with Gasteiger partial charge in [-0.1, -0.05) is 0 Å². The molecule has 0 aromatic carbocycles. The van der Waals surface area contributed by atoms with Crippen molar-refractivity contribution in [3.05, 3.63) is 18.0 Å². The number of aromatic nitrogens is 2. The third kappa shape index (κ3) is 4.89. The van der Waals surface area contributed by atoms with Crippen LogP contribution in [0.2, 0.25) is 0 Å². The molecule has 1 aromatic heterocycles. The van der Waals surface area contributed by atoms with Crippen molar-refractivity contribution in [1.82, 2.24) is 15.1 Å². The third-order valence-corrected chi connectivity index (χ3v) is 2.78. The molecular weight excluding hydrogens is 239 g/mol. The van der Waals surface area contributed by atoms with E-state index in [1.807, 2.05) is 13.1 Å². The van der Waals surface area contributed by atoms with E-state index in [0.717, 1.165) is 5.56 Å². The highest BCUT2D eigenvalue weighted by molar-refractivity contribution is 8.00. The lowest BCUT2D eigenvalue weighted by Gasteiger charge is -2.12. The maximum absolute atomic E-state index is 11.8. The first-order valence-electron chi connectivity index (χ1n) is 4.81. The van der Waals surface area contributed by atoms with Crippen LogP contribution in [0.25, 0.3) is 0 Å². The molecular formula is C9H14F3N3S. The fourth-order valence-corrected chi connectivity index (χ4v) is 1.68. The molecule has 0 saturated heterocycles. The molecule has 0 aliphatic heterocycles. The Bertz CT molecular complexity index is 324. The predicted molar refractivity (Wildman–Crippen MR) is 58.1 cm³/mol. The van der Waals surface area contributed by atoms with Crippen LogP contribution in [0, 0.1) is 0 Å². The summed E-state index contributed by atoms with van der Waals surface area (Å²) in [6, 6.07) is 0.0162. The summed E-state index contributed by atoms with van der Waals surface area (Å²) in [5.74, 6) is 0.0219. The van der Waals surface area contributed by atoms with Gasteiger partial charge in [0.15, 0.2) is 0 Å². The molecule has 7 heteroatoms. The van der Waals surface area contributed by atoms with Gasteiger partial charge in [0, 0.05) is 37.1 Å². The van der Waals surface area contributed by atoms with Gasteiger partial charge in [-0.05, 0) is 18.7 Å². The summed E-state index contributed by atoms with van der Waals surface area (Å²) in [6.45, 7) is 2.22. The largest absolute Gasteiger partial charge is 0.441 e. The summed E-state index contributed by atoms with van der Waals surface area (Å²) >= 11 is -0.00738. The summed E-state index contributed by atoms with van der Waals surface area (Å²) in [7, 11) is 1.80. The van der Waals surface area contributed by atoms with Crippen LogP contribution < -0.4 is 5.32 Å². The Kier molecular flexibility index (Phi) is 4.67. The van der Waals surface area contributed by atoms with Gasteiger partial charge in [-0.2, -0.15) is 18.3 Å². The second-order valence-electron chi connectivity index (χ2n) is 3.42. The molecule has 1 heterocycles. The third-order valence-electron chi connectivity index (χ3n) is 2.04. The number of halogens is 3. The van der Waals surface area contributed by atoms with Gasteiger partial charge in [0.25, 0.3) is 0 Å². The summed E-state index contributed by atoms with van der Waals surface area (Å²) in [5, 5.41) is 7.01. The highest BCUT2D eigenvalue weighted by atomic mass is 32.2. The van der Waals surface area contributed by atoms with E-state index >= 15 is 0 Å². The van der Waals surface area contributed by atoms with Crippen molar-refractivity contribution < 1.29 is 13.2 Å². The fourth-order valence-electron chi connectivity index (χ4n) is 1.22. The summed E-state index contributed by atoms with van der Waals surface area (Å²) in [6.07, 6.45) is 3.54. The first kappa shape index (κ1) is 13.4. The Balaban J connectivity index is 2.23. The van der Waals surface area contributed by atoms with E-state index in [9.17, 15) is 13.2 Å². The van der Waals surface area contributed by atoms with Crippen molar-refractivity contribution in [3.63, 3.8) is 0 Å². The van der Waals surface area contributed by atoms with E-state index in [4.69, 9.17) is 0 Å². The molecule has 0 amide bonds. The standard InChI is InChI=1S/C9H14F3N3S/c1-7(8-5-14-15(2)6-8)13-3-4-16-9(10,11)12/h5-7,13H,3-4H2,1-2H3. The second kappa shape index (κ2) is 5.58. The minimum atomic E-state index is -4.14. The lowest BCUT2D eigenvalue weighted by Crippen LogP contribution is -2.22. The minimum Gasteiger partial charge on any atom is -0.309 e. The summed E-state index contributed by atoms with van der Waals surface area (Å²) in [4.78, 5) is 0. The average molecular weight is 253 g/mol. The molecule has 0 aliphatic rings. The molecule has 0 radical (unpaired) electrons. The van der Waals surface area contributed by atoms with Crippen molar-refractivity contribution in [2.75, 3.05) is 12.3 Å². The first-order valence-corrected chi connectivity index (χ1v) is 5.79. The topological polar surface area (TPSA) is 29.9 Å². The monoisotopic (exact) mass is 253 g/mol. The fraction of sp³-hybridized carbons (Fsp3) is 0.667. The van der Waals surface area contributed by atoms with Crippen LogP contribution in [0.3, 0.4) is 0 Å². The Labute approximate surface area is 96.4 Å². The Hall–Kier alpha value is -0.690. The molecule has 1 unspecified atom stereocenters. The number of rotatable bonds is 5. The van der Waals surface area contributed by atoms with Gasteiger partial charge in [-0.15, -0.1) is 0 Å². The van der Waals surface area contributed by atoms with Gasteiger partial charge < -0.3 is 5.32 Å². The van der Waals surface area contributed by atoms with E-state index in [-0.39, 0.29) is 23.6 Å². The number of alkyl halides is 3. The number of thioether (sulfide) groups is 1. The van der Waals surface area contributed by atoms with Gasteiger partial charge in [0.05, 0.1) is 6.20 Å². The molecule has 1 aromatic rings. The number of hydrogen-bond donors (Lipinski definition) is 1. The Morgan fingerprint density at radius 2 is 2.25 bits per heavy atom. The molecule has 1 rings (SSSR count). The van der Waals surface area contributed by atoms with Crippen molar-refractivity contribution >= 4 is 11.8 Å². The molecule has 0 bridgehead atoms. The van der Waals surface area contributed by atoms with Gasteiger partial charge in [-0.25, -0.2) is 0 Å². The van der Waals surface area contributed by atoms with Crippen LogP contribution in [0.4, 0.5) is 13.2 Å². The Morgan fingerprint density at radius 3 is 2.75 bits per heavy atom. The van der Waals surface area contributed by atoms with Gasteiger partial charge in [0.2, 0.25) is 0 Å². The average Bonchev–Trinajstić information content (AvgIpc) is 2.57. The number of nitrogens with one attached hydrogen (secondary N) is 1. The van der Waals surface area contributed by atoms with Crippen molar-refractivity contribution in [3.8, 4) is 0 Å². The Morgan fingerprint density at radius 1 is 1.56 bits per heavy atom. The molecule has 0 spiro atoms. The molecule has 1 atom stereocenters. The van der Waals surface area contributed by atoms with Gasteiger partial charge in [0.1, 0.15) is 0 Å². The molecule has 0 saturated carbocycles. The van der Waals surface area contributed by atoms with E-state index in [1.54, 1.807) is 17.9 Å². The number of hydrogen-bond acceptors (Lipinski definition) is 3. The van der Waals surface area contributed by atoms with Crippen LogP contribution in [0.15, 0.2) is 12.4 Å². The van der Waals surface area contributed by atoms with E-state index in [0.29, 0.717) is 6.54 Å². The molecule has 3 nitrogen and oxygen atoms in total. The maximum Gasteiger partial charge on any atom is 0.441 e. The van der Waals surface area contributed by atoms with Crippen LogP contribution >= 0.6 is 11.8 Å². The van der Waals surface area contributed by atoms with Crippen molar-refractivity contribution in [2.24, 2.45) is 7.05 Å². The molecule has 0 fully saturated rings. The number of nitrogens with zero attached hydrogens (tertiary/aromatic N) is 2. The van der Waals surface area contributed by atoms with Crippen molar-refractivity contribution in [1.29, 1.82) is 0 Å². The minimum absolute atomic E-state index is 0.00738. The lowest BCUT2D eigenvalue weighted by atomic mass is 10.2. The van der Waals surface area contributed by atoms with E-state index in [2.05, 4.69) is 10.4 Å². The zero-order valence-corrected chi connectivity index (χ0v) is 9.90. The molecule has 92 valence electrons. The highest BCUT2D eigenvalue weighted by Gasteiger charge is 2.27. The number of aryl methyl sites for hydroxylation is 1. The lowest BCUT2D eigenvalue weighted by molar-refractivity contribution is -0.0327. The maximum atomic E-state index is 11.8. The smallest absolute Gasteiger partial charge is 0.309 e. The molecule has 0 aliphatic carbocycles. The van der Waals surface area contributed by atoms with E-state index < -0.39 is 5.51 Å². The summed E-state index contributed by atoms with van der Waals surface area (Å²) in [5.41, 5.74) is -3.17. The van der Waals surface area contributed by atoms with Gasteiger partial charge >= 0.3 is 5.51 Å². The van der Waals surface area contributed by atoms with Crippen LogP contribution in [-0.2, 0) is 7.05 Å². The normalized spacial score (nSPS) is 14.1. The molecule has 16 heavy (non-hydrogen) atoms. The molecule has 1 N–H and O–H groups in total. The second-order valence-corrected chi connectivity index (χ2v) is 4.58. The van der Waals surface area contributed by atoms with Crippen LogP contribution in [0.1, 0.15) is 18.5 Å².